The van der Waals surface area contributed by atoms with Crippen molar-refractivity contribution >= 4 is 11.4 Å². The molecule has 0 aliphatic rings. The van der Waals surface area contributed by atoms with Crippen LogP contribution < -0.4 is 11.1 Å². The Labute approximate surface area is 109 Å². The molecule has 0 fully saturated rings. The van der Waals surface area contributed by atoms with Gasteiger partial charge in [0.1, 0.15) is 0 Å². The summed E-state index contributed by atoms with van der Waals surface area (Å²) >= 11 is 0. The molecule has 1 heterocycles. The molecular weight excluding hydrogens is 222 g/mol. The maximum Gasteiger partial charge on any atom is 0.0573 e. The van der Waals surface area contributed by atoms with Gasteiger partial charge in [0.15, 0.2) is 0 Å². The first kappa shape index (κ1) is 14.2. The van der Waals surface area contributed by atoms with Crippen molar-refractivity contribution in [1.29, 1.82) is 0 Å². The van der Waals surface area contributed by atoms with Crippen LogP contribution in [0.25, 0.3) is 0 Å². The van der Waals surface area contributed by atoms with Crippen molar-refractivity contribution in [2.75, 3.05) is 5.32 Å². The van der Waals surface area contributed by atoms with Crippen LogP contribution >= 0.6 is 0 Å². The summed E-state index contributed by atoms with van der Waals surface area (Å²) in [6.07, 6.45) is 3.65. The van der Waals surface area contributed by atoms with E-state index in [0.717, 1.165) is 22.5 Å². The summed E-state index contributed by atoms with van der Waals surface area (Å²) < 4.78 is 0. The maximum absolute atomic E-state index is 5.54. The largest absolute Gasteiger partial charge is 0.354 e. The fourth-order valence-corrected chi connectivity index (χ4v) is 1.51. The third-order valence-corrected chi connectivity index (χ3v) is 2.35. The standard InChI is InChI=1S/C13H15N3.C2H6/c1-10-6-13(9-15-8-10)16-12-4-2-11(7-14)3-5-12;1-2/h2-6,8-9,16H,7,14H2,1H3;1-2H3. The molecule has 18 heavy (non-hydrogen) atoms. The van der Waals surface area contributed by atoms with Gasteiger partial charge in [-0.25, -0.2) is 0 Å². The van der Waals surface area contributed by atoms with Crippen molar-refractivity contribution in [1.82, 2.24) is 4.98 Å². The van der Waals surface area contributed by atoms with E-state index in [1.165, 1.54) is 0 Å². The number of aryl methyl sites for hydroxylation is 1. The molecule has 1 aromatic heterocycles. The van der Waals surface area contributed by atoms with E-state index in [2.05, 4.69) is 16.4 Å². The molecular formula is C15H21N3. The Hall–Kier alpha value is -1.87. The van der Waals surface area contributed by atoms with Crippen molar-refractivity contribution < 1.29 is 0 Å². The lowest BCUT2D eigenvalue weighted by Gasteiger charge is -2.07. The van der Waals surface area contributed by atoms with Gasteiger partial charge in [0, 0.05) is 18.4 Å². The fourth-order valence-electron chi connectivity index (χ4n) is 1.51. The molecule has 0 aliphatic heterocycles. The van der Waals surface area contributed by atoms with Crippen LogP contribution in [0.1, 0.15) is 25.0 Å². The zero-order valence-corrected chi connectivity index (χ0v) is 11.3. The second-order valence-corrected chi connectivity index (χ2v) is 3.78. The number of hydrogen-bond donors (Lipinski definition) is 2. The Morgan fingerprint density at radius 2 is 1.72 bits per heavy atom. The molecule has 0 amide bonds. The van der Waals surface area contributed by atoms with Crippen LogP contribution in [0.5, 0.6) is 0 Å². The molecule has 0 unspecified atom stereocenters. The van der Waals surface area contributed by atoms with Crippen LogP contribution in [0, 0.1) is 6.92 Å². The lowest BCUT2D eigenvalue weighted by Crippen LogP contribution is -1.96. The predicted molar refractivity (Wildman–Crippen MR) is 77.9 cm³/mol. The summed E-state index contributed by atoms with van der Waals surface area (Å²) in [7, 11) is 0. The Morgan fingerprint density at radius 1 is 1.06 bits per heavy atom. The molecule has 2 aromatic rings. The minimum absolute atomic E-state index is 0.576. The Balaban J connectivity index is 0.000000771. The highest BCUT2D eigenvalue weighted by Crippen LogP contribution is 2.16. The monoisotopic (exact) mass is 243 g/mol. The van der Waals surface area contributed by atoms with Crippen LogP contribution in [0.3, 0.4) is 0 Å². The number of benzene rings is 1. The van der Waals surface area contributed by atoms with E-state index in [4.69, 9.17) is 5.73 Å². The zero-order valence-electron chi connectivity index (χ0n) is 11.3. The third-order valence-electron chi connectivity index (χ3n) is 2.35. The highest BCUT2D eigenvalue weighted by molar-refractivity contribution is 5.59. The van der Waals surface area contributed by atoms with Crippen LogP contribution in [-0.2, 0) is 6.54 Å². The van der Waals surface area contributed by atoms with E-state index in [1.54, 1.807) is 0 Å². The van der Waals surface area contributed by atoms with Gasteiger partial charge < -0.3 is 11.1 Å². The second-order valence-electron chi connectivity index (χ2n) is 3.78. The smallest absolute Gasteiger partial charge is 0.0573 e. The SMILES string of the molecule is CC.Cc1cncc(Nc2ccc(CN)cc2)c1. The number of nitrogens with zero attached hydrogens (tertiary/aromatic N) is 1. The Bertz CT molecular complexity index is 463. The van der Waals surface area contributed by atoms with Crippen molar-refractivity contribution in [2.45, 2.75) is 27.3 Å². The predicted octanol–water partition coefficient (Wildman–Crippen LogP) is 3.62. The van der Waals surface area contributed by atoms with Gasteiger partial charge in [-0.05, 0) is 36.2 Å². The quantitative estimate of drug-likeness (QED) is 0.865. The van der Waals surface area contributed by atoms with Crippen molar-refractivity contribution in [3.05, 3.63) is 53.9 Å². The minimum atomic E-state index is 0.576. The highest BCUT2D eigenvalue weighted by atomic mass is 14.9. The first-order valence-corrected chi connectivity index (χ1v) is 6.25. The summed E-state index contributed by atoms with van der Waals surface area (Å²) in [6.45, 7) is 6.60. The van der Waals surface area contributed by atoms with Gasteiger partial charge in [-0.2, -0.15) is 0 Å². The van der Waals surface area contributed by atoms with Crippen LogP contribution in [-0.4, -0.2) is 4.98 Å². The van der Waals surface area contributed by atoms with Crippen LogP contribution in [0.2, 0.25) is 0 Å². The molecule has 0 atom stereocenters. The van der Waals surface area contributed by atoms with Gasteiger partial charge in [0.25, 0.3) is 0 Å². The van der Waals surface area contributed by atoms with Crippen molar-refractivity contribution in [3.8, 4) is 0 Å². The summed E-state index contributed by atoms with van der Waals surface area (Å²) in [4.78, 5) is 4.13. The molecule has 3 heteroatoms. The van der Waals surface area contributed by atoms with E-state index in [1.807, 2.05) is 57.4 Å². The number of hydrogen-bond acceptors (Lipinski definition) is 3. The fraction of sp³-hybridized carbons (Fsp3) is 0.267. The normalized spacial score (nSPS) is 9.33. The second kappa shape index (κ2) is 7.45. The lowest BCUT2D eigenvalue weighted by molar-refractivity contribution is 1.07. The Kier molecular flexibility index (Phi) is 5.88. The third kappa shape index (κ3) is 4.18. The summed E-state index contributed by atoms with van der Waals surface area (Å²) in [5.41, 5.74) is 9.86. The number of aromatic nitrogens is 1. The molecule has 96 valence electrons. The molecule has 0 saturated carbocycles. The van der Waals surface area contributed by atoms with Crippen LogP contribution in [0.4, 0.5) is 11.4 Å². The van der Waals surface area contributed by atoms with E-state index >= 15 is 0 Å². The average molecular weight is 243 g/mol. The highest BCUT2D eigenvalue weighted by Gasteiger charge is 1.95. The molecule has 1 aromatic carbocycles. The van der Waals surface area contributed by atoms with Gasteiger partial charge in [-0.3, -0.25) is 4.98 Å². The minimum Gasteiger partial charge on any atom is -0.354 e. The number of rotatable bonds is 3. The number of pyridine rings is 1. The molecule has 0 radical (unpaired) electrons. The van der Waals surface area contributed by atoms with Gasteiger partial charge in [0.05, 0.1) is 11.9 Å². The van der Waals surface area contributed by atoms with Crippen LogP contribution in [0.15, 0.2) is 42.7 Å². The van der Waals surface area contributed by atoms with Crippen molar-refractivity contribution in [3.63, 3.8) is 0 Å². The molecule has 2 rings (SSSR count). The summed E-state index contributed by atoms with van der Waals surface area (Å²) in [6, 6.07) is 10.1. The number of nitrogens with two attached hydrogens (primary N) is 1. The molecule has 0 saturated heterocycles. The molecule has 3 nitrogen and oxygen atoms in total. The average Bonchev–Trinajstić information content (AvgIpc) is 2.42. The molecule has 3 N–H and O–H groups in total. The first-order valence-electron chi connectivity index (χ1n) is 6.25. The van der Waals surface area contributed by atoms with Gasteiger partial charge in [-0.1, -0.05) is 26.0 Å². The van der Waals surface area contributed by atoms with E-state index < -0.39 is 0 Å². The molecule has 0 bridgehead atoms. The first-order chi connectivity index (χ1) is 8.78. The van der Waals surface area contributed by atoms with Gasteiger partial charge in [-0.15, -0.1) is 0 Å². The van der Waals surface area contributed by atoms with Gasteiger partial charge in [0.2, 0.25) is 0 Å². The Morgan fingerprint density at radius 3 is 2.28 bits per heavy atom. The summed E-state index contributed by atoms with van der Waals surface area (Å²) in [5.74, 6) is 0. The molecule has 0 aliphatic carbocycles. The van der Waals surface area contributed by atoms with Crippen molar-refractivity contribution in [2.24, 2.45) is 5.73 Å². The van der Waals surface area contributed by atoms with E-state index in [-0.39, 0.29) is 0 Å². The lowest BCUT2D eigenvalue weighted by atomic mass is 10.2. The number of anilines is 2. The maximum atomic E-state index is 5.54. The summed E-state index contributed by atoms with van der Waals surface area (Å²) in [5, 5.41) is 3.29. The van der Waals surface area contributed by atoms with Gasteiger partial charge >= 0.3 is 0 Å². The zero-order chi connectivity index (χ0) is 13.4. The topological polar surface area (TPSA) is 50.9 Å². The number of nitrogens with one attached hydrogen (secondary N) is 1. The van der Waals surface area contributed by atoms with E-state index in [0.29, 0.717) is 6.54 Å². The molecule has 0 spiro atoms. The van der Waals surface area contributed by atoms with E-state index in [9.17, 15) is 0 Å².